The van der Waals surface area contributed by atoms with Crippen molar-refractivity contribution >= 4 is 31.9 Å². The molecule has 2 rings (SSSR count). The third-order valence-corrected chi connectivity index (χ3v) is 5.54. The van der Waals surface area contributed by atoms with Crippen LogP contribution in [0.3, 0.4) is 0 Å². The Hall–Kier alpha value is -0.640. The molecule has 0 amide bonds. The average molecular weight is 411 g/mol. The number of rotatable bonds is 5. The molecule has 1 N–H and O–H groups in total. The lowest BCUT2D eigenvalue weighted by molar-refractivity contribution is 0.466. The van der Waals surface area contributed by atoms with Crippen LogP contribution in [-0.4, -0.2) is 7.05 Å². The number of hydrogen-bond donors (Lipinski definition) is 1. The van der Waals surface area contributed by atoms with E-state index in [1.165, 1.54) is 16.7 Å². The minimum absolute atomic E-state index is 0.281. The van der Waals surface area contributed by atoms with E-state index in [9.17, 15) is 0 Å². The molecule has 0 heterocycles. The Balaban J connectivity index is 2.45. The minimum Gasteiger partial charge on any atom is -0.312 e. The fourth-order valence-corrected chi connectivity index (χ4v) is 3.90. The van der Waals surface area contributed by atoms with E-state index in [2.05, 4.69) is 93.5 Å². The molecule has 0 radical (unpaired) electrons. The van der Waals surface area contributed by atoms with Gasteiger partial charge in [0, 0.05) is 20.9 Å². The van der Waals surface area contributed by atoms with E-state index in [1.54, 1.807) is 0 Å². The fraction of sp³-hybridized carbons (Fsp3) is 0.333. The number of aryl methyl sites for hydroxylation is 1. The lowest BCUT2D eigenvalue weighted by Gasteiger charge is -2.28. The van der Waals surface area contributed by atoms with Crippen molar-refractivity contribution in [2.75, 3.05) is 7.05 Å². The molecule has 0 saturated heterocycles. The van der Waals surface area contributed by atoms with Crippen molar-refractivity contribution in [2.45, 2.75) is 32.2 Å². The molecule has 2 unspecified atom stereocenters. The van der Waals surface area contributed by atoms with Gasteiger partial charge in [-0.05, 0) is 49.2 Å². The van der Waals surface area contributed by atoms with Crippen LogP contribution in [0.5, 0.6) is 0 Å². The molecular weight excluding hydrogens is 390 g/mol. The molecule has 0 aliphatic carbocycles. The Bertz CT molecular complexity index is 596. The third-order valence-electron chi connectivity index (χ3n) is 3.99. The normalized spacial score (nSPS) is 14.0. The quantitative estimate of drug-likeness (QED) is 0.639. The summed E-state index contributed by atoms with van der Waals surface area (Å²) < 4.78 is 2.32. The van der Waals surface area contributed by atoms with Crippen molar-refractivity contribution in [3.63, 3.8) is 0 Å². The second kappa shape index (κ2) is 7.57. The Labute approximate surface area is 144 Å². The molecule has 1 nitrogen and oxygen atoms in total. The van der Waals surface area contributed by atoms with Gasteiger partial charge in [0.05, 0.1) is 0 Å². The molecule has 2 aromatic rings. The van der Waals surface area contributed by atoms with Gasteiger partial charge < -0.3 is 5.32 Å². The summed E-state index contributed by atoms with van der Waals surface area (Å²) in [4.78, 5) is 0. The maximum absolute atomic E-state index is 3.73. The van der Waals surface area contributed by atoms with Crippen LogP contribution in [0.15, 0.2) is 51.4 Å². The van der Waals surface area contributed by atoms with E-state index < -0.39 is 0 Å². The summed E-state index contributed by atoms with van der Waals surface area (Å²) in [5, 5.41) is 3.50. The van der Waals surface area contributed by atoms with Gasteiger partial charge in [-0.2, -0.15) is 0 Å². The molecule has 21 heavy (non-hydrogen) atoms. The van der Waals surface area contributed by atoms with Crippen molar-refractivity contribution < 1.29 is 0 Å². The zero-order chi connectivity index (χ0) is 15.4. The second-order valence-electron chi connectivity index (χ2n) is 5.31. The zero-order valence-corrected chi connectivity index (χ0v) is 15.8. The molecule has 0 aromatic heterocycles. The molecule has 2 aromatic carbocycles. The Kier molecular flexibility index (Phi) is 6.03. The molecule has 0 aliphatic heterocycles. The summed E-state index contributed by atoms with van der Waals surface area (Å²) in [6.07, 6.45) is 1.09. The smallest absolute Gasteiger partial charge is 0.0398 e. The number of halogens is 2. The maximum atomic E-state index is 3.73. The van der Waals surface area contributed by atoms with E-state index in [-0.39, 0.29) is 6.04 Å². The van der Waals surface area contributed by atoms with Gasteiger partial charge >= 0.3 is 0 Å². The summed E-state index contributed by atoms with van der Waals surface area (Å²) >= 11 is 7.39. The van der Waals surface area contributed by atoms with Crippen molar-refractivity contribution in [3.05, 3.63) is 68.1 Å². The molecule has 0 fully saturated rings. The van der Waals surface area contributed by atoms with Crippen LogP contribution in [-0.2, 0) is 0 Å². The Morgan fingerprint density at radius 3 is 2.29 bits per heavy atom. The first-order chi connectivity index (χ1) is 10.1. The largest absolute Gasteiger partial charge is 0.312 e. The number of hydrogen-bond acceptors (Lipinski definition) is 1. The summed E-state index contributed by atoms with van der Waals surface area (Å²) in [6, 6.07) is 15.4. The van der Waals surface area contributed by atoms with Crippen LogP contribution in [0.4, 0.5) is 0 Å². The van der Waals surface area contributed by atoms with Crippen LogP contribution >= 0.6 is 31.9 Å². The summed E-state index contributed by atoms with van der Waals surface area (Å²) in [5.41, 5.74) is 3.92. The highest BCUT2D eigenvalue weighted by atomic mass is 79.9. The molecule has 0 aliphatic rings. The molecular formula is C18H21Br2N. The van der Waals surface area contributed by atoms with Gasteiger partial charge in [-0.1, -0.05) is 69.1 Å². The van der Waals surface area contributed by atoms with Crippen LogP contribution < -0.4 is 5.32 Å². The topological polar surface area (TPSA) is 12.0 Å². The van der Waals surface area contributed by atoms with E-state index >= 15 is 0 Å². The van der Waals surface area contributed by atoms with Gasteiger partial charge in [-0.15, -0.1) is 0 Å². The monoisotopic (exact) mass is 409 g/mol. The third kappa shape index (κ3) is 3.77. The Morgan fingerprint density at radius 2 is 1.71 bits per heavy atom. The highest BCUT2D eigenvalue weighted by molar-refractivity contribution is 9.11. The molecule has 3 heteroatoms. The number of benzene rings is 2. The minimum atomic E-state index is 0.281. The van der Waals surface area contributed by atoms with Crippen LogP contribution in [0.1, 0.15) is 42.0 Å². The Morgan fingerprint density at radius 1 is 1.05 bits per heavy atom. The van der Waals surface area contributed by atoms with Gasteiger partial charge in [0.2, 0.25) is 0 Å². The average Bonchev–Trinajstić information content (AvgIpc) is 2.50. The molecule has 2 atom stereocenters. The number of nitrogens with one attached hydrogen (secondary N) is 1. The van der Waals surface area contributed by atoms with E-state index in [0.717, 1.165) is 15.4 Å². The predicted molar refractivity (Wildman–Crippen MR) is 97.9 cm³/mol. The SMILES string of the molecule is CCC(c1ccccc1)C(NC)c1cc(Br)c(C)cc1Br. The summed E-state index contributed by atoms with van der Waals surface area (Å²) in [5.74, 6) is 0.446. The highest BCUT2D eigenvalue weighted by Crippen LogP contribution is 2.38. The predicted octanol–water partition coefficient (Wildman–Crippen LogP) is 5.97. The lowest BCUT2D eigenvalue weighted by atomic mass is 9.85. The van der Waals surface area contributed by atoms with Crippen molar-refractivity contribution in [2.24, 2.45) is 0 Å². The first kappa shape index (κ1) is 16.7. The van der Waals surface area contributed by atoms with Gasteiger partial charge in [0.25, 0.3) is 0 Å². The first-order valence-electron chi connectivity index (χ1n) is 7.26. The zero-order valence-electron chi connectivity index (χ0n) is 12.7. The maximum Gasteiger partial charge on any atom is 0.0398 e. The van der Waals surface area contributed by atoms with E-state index in [4.69, 9.17) is 0 Å². The lowest BCUT2D eigenvalue weighted by Crippen LogP contribution is -2.24. The molecule has 0 bridgehead atoms. The molecule has 0 spiro atoms. The van der Waals surface area contributed by atoms with Crippen molar-refractivity contribution in [1.82, 2.24) is 5.32 Å². The molecule has 0 saturated carbocycles. The standard InChI is InChI=1S/C18H21Br2N/c1-4-14(13-8-6-5-7-9-13)18(21-3)15-11-16(19)12(2)10-17(15)20/h5-11,14,18,21H,4H2,1-3H3. The van der Waals surface area contributed by atoms with Crippen molar-refractivity contribution in [1.29, 1.82) is 0 Å². The van der Waals surface area contributed by atoms with Crippen LogP contribution in [0.2, 0.25) is 0 Å². The van der Waals surface area contributed by atoms with Crippen molar-refractivity contribution in [3.8, 4) is 0 Å². The first-order valence-corrected chi connectivity index (χ1v) is 8.84. The van der Waals surface area contributed by atoms with Crippen LogP contribution in [0.25, 0.3) is 0 Å². The van der Waals surface area contributed by atoms with Gasteiger partial charge in [-0.3, -0.25) is 0 Å². The van der Waals surface area contributed by atoms with E-state index in [0.29, 0.717) is 5.92 Å². The number of likely N-dealkylation sites (N-methyl/N-ethyl adjacent to an activating group) is 1. The second-order valence-corrected chi connectivity index (χ2v) is 7.02. The fourth-order valence-electron chi connectivity index (χ4n) is 2.84. The van der Waals surface area contributed by atoms with Gasteiger partial charge in [0.15, 0.2) is 0 Å². The summed E-state index contributed by atoms with van der Waals surface area (Å²) in [7, 11) is 2.04. The molecule has 112 valence electrons. The van der Waals surface area contributed by atoms with Gasteiger partial charge in [0.1, 0.15) is 0 Å². The van der Waals surface area contributed by atoms with Gasteiger partial charge in [-0.25, -0.2) is 0 Å². The van der Waals surface area contributed by atoms with Crippen LogP contribution in [0, 0.1) is 6.92 Å². The highest BCUT2D eigenvalue weighted by Gasteiger charge is 2.24. The van der Waals surface area contributed by atoms with E-state index in [1.807, 2.05) is 7.05 Å². The summed E-state index contributed by atoms with van der Waals surface area (Å²) in [6.45, 7) is 4.36.